The van der Waals surface area contributed by atoms with E-state index in [1.54, 1.807) is 6.20 Å². The summed E-state index contributed by atoms with van der Waals surface area (Å²) < 4.78 is 2.32. The third-order valence-electron chi connectivity index (χ3n) is 10.1. The molecule has 3 fully saturated rings. The zero-order valence-electron chi connectivity index (χ0n) is 26.0. The number of aliphatic carboxylic acids is 1. The molecular weight excluding hydrogens is 538 g/mol. The molecule has 9 heteroatoms. The van der Waals surface area contributed by atoms with Crippen molar-refractivity contribution < 1.29 is 9.90 Å². The number of hydrogen-bond acceptors (Lipinski definition) is 6. The third-order valence-corrected chi connectivity index (χ3v) is 10.1. The van der Waals surface area contributed by atoms with Gasteiger partial charge in [0, 0.05) is 51.0 Å². The van der Waals surface area contributed by atoms with Crippen molar-refractivity contribution in [1.82, 2.24) is 34.2 Å². The number of aromatic amines is 1. The summed E-state index contributed by atoms with van der Waals surface area (Å²) in [6, 6.07) is 8.16. The highest BCUT2D eigenvalue weighted by Crippen LogP contribution is 2.48. The van der Waals surface area contributed by atoms with Gasteiger partial charge in [0.05, 0.1) is 18.5 Å². The number of hydrogen-bond donors (Lipinski definition) is 2. The molecule has 3 aliphatic rings. The molecule has 9 nitrogen and oxygen atoms in total. The van der Waals surface area contributed by atoms with Gasteiger partial charge in [0.2, 0.25) is 0 Å². The minimum atomic E-state index is -0.710. The zero-order valence-corrected chi connectivity index (χ0v) is 26.0. The predicted molar refractivity (Wildman–Crippen MR) is 167 cm³/mol. The predicted octanol–water partition coefficient (Wildman–Crippen LogP) is 4.76. The lowest BCUT2D eigenvalue weighted by Crippen LogP contribution is -2.42. The molecule has 0 atom stereocenters. The Morgan fingerprint density at radius 2 is 1.70 bits per heavy atom. The number of carbonyl (C=O) groups is 1. The minimum absolute atomic E-state index is 0.547. The van der Waals surface area contributed by atoms with E-state index in [1.165, 1.54) is 52.0 Å². The monoisotopic (exact) mass is 587 g/mol. The minimum Gasteiger partial charge on any atom is -0.481 e. The molecule has 1 aromatic carbocycles. The molecule has 1 aliphatic carbocycles. The lowest BCUT2D eigenvalue weighted by Gasteiger charge is -2.40. The van der Waals surface area contributed by atoms with Crippen molar-refractivity contribution >= 4 is 5.97 Å². The van der Waals surface area contributed by atoms with E-state index < -0.39 is 11.4 Å². The zero-order chi connectivity index (χ0) is 29.9. The Balaban J connectivity index is 1.02. The van der Waals surface area contributed by atoms with Gasteiger partial charge in [-0.3, -0.25) is 9.69 Å². The van der Waals surface area contributed by atoms with Crippen LogP contribution in [0.1, 0.15) is 75.1 Å². The Kier molecular flexibility index (Phi) is 9.03. The van der Waals surface area contributed by atoms with E-state index in [1.807, 2.05) is 24.5 Å². The Bertz CT molecular complexity index is 1320. The van der Waals surface area contributed by atoms with Gasteiger partial charge in [0.25, 0.3) is 0 Å². The van der Waals surface area contributed by atoms with Gasteiger partial charge in [-0.2, -0.15) is 0 Å². The number of nitrogens with one attached hydrogen (secondary N) is 1. The van der Waals surface area contributed by atoms with Crippen molar-refractivity contribution in [3.63, 3.8) is 0 Å². The van der Waals surface area contributed by atoms with Gasteiger partial charge in [0.15, 0.2) is 0 Å². The molecule has 232 valence electrons. The summed E-state index contributed by atoms with van der Waals surface area (Å²) in [5, 5.41) is 9.67. The maximum Gasteiger partial charge on any atom is 0.314 e. The maximum atomic E-state index is 11.8. The van der Waals surface area contributed by atoms with Crippen LogP contribution in [0.3, 0.4) is 0 Å². The number of rotatable bonds is 14. The van der Waals surface area contributed by atoms with Crippen LogP contribution >= 0.6 is 0 Å². The van der Waals surface area contributed by atoms with Crippen molar-refractivity contribution in [2.45, 2.75) is 84.0 Å². The van der Waals surface area contributed by atoms with E-state index in [0.717, 1.165) is 67.6 Å². The molecule has 3 aromatic rings. The van der Waals surface area contributed by atoms with Gasteiger partial charge in [-0.25, -0.2) is 9.97 Å². The quantitative estimate of drug-likeness (QED) is 0.281. The van der Waals surface area contributed by atoms with E-state index in [4.69, 9.17) is 4.98 Å². The van der Waals surface area contributed by atoms with Crippen LogP contribution in [0.5, 0.6) is 0 Å². The Labute approximate surface area is 256 Å². The van der Waals surface area contributed by atoms with E-state index in [0.29, 0.717) is 18.5 Å². The Morgan fingerprint density at radius 1 is 0.953 bits per heavy atom. The van der Waals surface area contributed by atoms with Crippen LogP contribution in [0.2, 0.25) is 0 Å². The number of piperidine rings is 1. The first-order valence-electron chi connectivity index (χ1n) is 16.3. The van der Waals surface area contributed by atoms with Crippen molar-refractivity contribution in [2.75, 3.05) is 39.3 Å². The molecule has 0 amide bonds. The van der Waals surface area contributed by atoms with E-state index in [-0.39, 0.29) is 0 Å². The van der Waals surface area contributed by atoms with Gasteiger partial charge in [0.1, 0.15) is 11.6 Å². The molecule has 0 unspecified atom stereocenters. The average Bonchev–Trinajstić information content (AvgIpc) is 3.25. The van der Waals surface area contributed by atoms with Crippen LogP contribution < -0.4 is 0 Å². The number of imidazole rings is 2. The number of carboxylic acids is 1. The Morgan fingerprint density at radius 3 is 2.35 bits per heavy atom. The second-order valence-electron chi connectivity index (χ2n) is 13.9. The first kappa shape index (κ1) is 30.0. The topological polar surface area (TPSA) is 93.5 Å². The van der Waals surface area contributed by atoms with Crippen molar-refractivity contribution in [2.24, 2.45) is 11.3 Å². The van der Waals surface area contributed by atoms with Crippen LogP contribution in [-0.2, 0) is 36.4 Å². The molecule has 1 spiro atoms. The van der Waals surface area contributed by atoms with Crippen LogP contribution in [0.4, 0.5) is 0 Å². The largest absolute Gasteiger partial charge is 0.481 e. The molecule has 0 radical (unpaired) electrons. The number of likely N-dealkylation sites (tertiary alicyclic amines) is 2. The fourth-order valence-corrected chi connectivity index (χ4v) is 7.42. The molecular formula is C34H49N7O2. The van der Waals surface area contributed by atoms with Gasteiger partial charge in [-0.1, -0.05) is 38.1 Å². The molecule has 1 saturated carbocycles. The van der Waals surface area contributed by atoms with Gasteiger partial charge in [-0.15, -0.1) is 0 Å². The summed E-state index contributed by atoms with van der Waals surface area (Å²) in [4.78, 5) is 32.0. The third kappa shape index (κ3) is 7.21. The molecule has 2 N–H and O–H groups in total. The number of H-pyrrole nitrogens is 1. The normalized spacial score (nSPS) is 20.0. The standard InChI is InChI=1S/C34H49N7O2/c1-27(2)22-38-18-10-33(11-19-38)12-20-39(26-33)16-3-17-41-21-15-37-31(41)25-40(24-30-35-13-14-36-30)23-28-4-6-29(7-5-28)34(8-9-34)32(42)43/h4-7,13-15,21,27H,3,8-12,16-20,22-26H2,1-2H3,(H,35,36)(H,42,43). The molecule has 43 heavy (non-hydrogen) atoms. The molecule has 4 heterocycles. The highest BCUT2D eigenvalue weighted by molar-refractivity contribution is 5.84. The van der Waals surface area contributed by atoms with Crippen LogP contribution in [0.15, 0.2) is 49.1 Å². The lowest BCUT2D eigenvalue weighted by molar-refractivity contribution is -0.140. The fourth-order valence-electron chi connectivity index (χ4n) is 7.42. The maximum absolute atomic E-state index is 11.8. The smallest absolute Gasteiger partial charge is 0.314 e. The highest BCUT2D eigenvalue weighted by Gasteiger charge is 2.51. The number of carboxylic acid groups (broad SMARTS) is 1. The van der Waals surface area contributed by atoms with Crippen LogP contribution in [0.25, 0.3) is 0 Å². The summed E-state index contributed by atoms with van der Waals surface area (Å²) in [5.74, 6) is 2.04. The number of aryl methyl sites for hydroxylation is 1. The molecule has 2 aliphatic heterocycles. The van der Waals surface area contributed by atoms with Gasteiger partial charge < -0.3 is 24.5 Å². The summed E-state index contributed by atoms with van der Waals surface area (Å²) in [6.45, 7) is 15.2. The van der Waals surface area contributed by atoms with Crippen molar-refractivity contribution in [1.29, 1.82) is 0 Å². The molecule has 2 saturated heterocycles. The second kappa shape index (κ2) is 12.9. The van der Waals surface area contributed by atoms with Crippen LogP contribution in [0, 0.1) is 11.3 Å². The van der Waals surface area contributed by atoms with Gasteiger partial charge >= 0.3 is 5.97 Å². The molecule has 6 rings (SSSR count). The number of aromatic nitrogens is 4. The molecule has 2 aromatic heterocycles. The van der Waals surface area contributed by atoms with Gasteiger partial charge in [-0.05, 0) is 87.2 Å². The van der Waals surface area contributed by atoms with Crippen molar-refractivity contribution in [3.05, 3.63) is 71.8 Å². The summed E-state index contributed by atoms with van der Waals surface area (Å²) >= 11 is 0. The highest BCUT2D eigenvalue weighted by atomic mass is 16.4. The number of nitrogens with zero attached hydrogens (tertiary/aromatic N) is 6. The van der Waals surface area contributed by atoms with Crippen LogP contribution in [-0.4, -0.2) is 84.6 Å². The fraction of sp³-hybridized carbons (Fsp3) is 0.618. The van der Waals surface area contributed by atoms with E-state index >= 15 is 0 Å². The summed E-state index contributed by atoms with van der Waals surface area (Å²) in [5.41, 5.74) is 1.95. The first-order chi connectivity index (χ1) is 20.8. The Hall–Kier alpha value is -3.01. The van der Waals surface area contributed by atoms with E-state index in [9.17, 15) is 9.90 Å². The second-order valence-corrected chi connectivity index (χ2v) is 13.9. The number of benzene rings is 1. The SMILES string of the molecule is CC(C)CN1CCC2(CC1)CCN(CCCn1ccnc1CN(Cc1ccc(C3(C(=O)O)CC3)cc1)Cc1ncc[nH]1)C2. The van der Waals surface area contributed by atoms with Crippen molar-refractivity contribution in [3.8, 4) is 0 Å². The molecule has 0 bridgehead atoms. The summed E-state index contributed by atoms with van der Waals surface area (Å²) in [7, 11) is 0. The first-order valence-corrected chi connectivity index (χ1v) is 16.3. The lowest BCUT2D eigenvalue weighted by atomic mass is 9.77. The average molecular weight is 588 g/mol. The van der Waals surface area contributed by atoms with E-state index in [2.05, 4.69) is 61.4 Å². The summed E-state index contributed by atoms with van der Waals surface area (Å²) in [6.07, 6.45) is 14.4.